The van der Waals surface area contributed by atoms with Crippen molar-refractivity contribution in [2.24, 2.45) is 15.2 Å². The molecule has 0 bridgehead atoms. The third-order valence-corrected chi connectivity index (χ3v) is 14.2. The summed E-state index contributed by atoms with van der Waals surface area (Å²) in [7, 11) is -2.01. The van der Waals surface area contributed by atoms with Crippen LogP contribution in [0.3, 0.4) is 0 Å². The Bertz CT molecular complexity index is 3490. The Morgan fingerprint density at radius 3 is 1.69 bits per heavy atom. The van der Waals surface area contributed by atoms with Gasteiger partial charge in [-0.2, -0.15) is 33.2 Å². The van der Waals surface area contributed by atoms with Gasteiger partial charge >= 0.3 is 18.0 Å². The Morgan fingerprint density at radius 1 is 0.650 bits per heavy atom. The van der Waals surface area contributed by atoms with Crippen LogP contribution in [-0.4, -0.2) is 91.2 Å². The first-order chi connectivity index (χ1) is 37.6. The number of esters is 2. The highest BCUT2D eigenvalue weighted by Crippen LogP contribution is 2.40. The van der Waals surface area contributed by atoms with Crippen molar-refractivity contribution in [1.82, 2.24) is 0 Å². The summed E-state index contributed by atoms with van der Waals surface area (Å²) in [5, 5.41) is 11.7. The van der Waals surface area contributed by atoms with Gasteiger partial charge in [-0.25, -0.2) is 14.4 Å². The fraction of sp³-hybridized carbons (Fsp3) is 0.302. The van der Waals surface area contributed by atoms with Gasteiger partial charge in [0, 0.05) is 17.0 Å². The number of fused-ring (bicyclic) bond motifs is 2. The van der Waals surface area contributed by atoms with Crippen molar-refractivity contribution in [3.8, 4) is 0 Å². The summed E-state index contributed by atoms with van der Waals surface area (Å²) >= 11 is 0. The normalized spacial score (nSPS) is 14.2. The summed E-state index contributed by atoms with van der Waals surface area (Å²) in [5.74, 6) is -1.13. The molecule has 0 aliphatic carbocycles. The average Bonchev–Trinajstić information content (AvgIpc) is 3.80. The molecular weight excluding hydrogens is 1030 g/mol. The minimum Gasteiger partial charge on any atom is -0.462 e. The molecule has 0 atom stereocenters. The van der Waals surface area contributed by atoms with Gasteiger partial charge < -0.3 is 14.2 Å². The second-order valence-electron chi connectivity index (χ2n) is 21.4. The van der Waals surface area contributed by atoms with E-state index >= 15 is 0 Å². The maximum atomic E-state index is 14.1. The van der Waals surface area contributed by atoms with Gasteiger partial charge in [-0.15, -0.1) is 0 Å². The third-order valence-electron chi connectivity index (χ3n) is 13.3. The molecule has 0 fully saturated rings. The molecule has 0 spiro atoms. The molecule has 80 heavy (non-hydrogen) atoms. The number of anilines is 2. The predicted molar refractivity (Wildman–Crippen MR) is 315 cm³/mol. The van der Waals surface area contributed by atoms with E-state index in [-0.39, 0.29) is 34.8 Å². The van der Waals surface area contributed by atoms with Crippen molar-refractivity contribution in [3.05, 3.63) is 185 Å². The summed E-state index contributed by atoms with van der Waals surface area (Å²) in [6, 6.07) is 45.2. The molecule has 17 heteroatoms. The molecule has 2 amide bonds. The van der Waals surface area contributed by atoms with Crippen LogP contribution < -0.4 is 10.0 Å². The lowest BCUT2D eigenvalue weighted by atomic mass is 9.82. The summed E-state index contributed by atoms with van der Waals surface area (Å²) in [4.78, 5) is 56.4. The lowest BCUT2D eigenvalue weighted by Gasteiger charge is -2.29. The predicted octanol–water partition coefficient (Wildman–Crippen LogP) is 12.8. The van der Waals surface area contributed by atoms with Gasteiger partial charge in [0.15, 0.2) is 0 Å². The average molecular weight is 1100 g/mol. The summed E-state index contributed by atoms with van der Waals surface area (Å²) in [6.45, 7) is 23.4. The van der Waals surface area contributed by atoms with E-state index < -0.39 is 39.2 Å². The maximum Gasteiger partial charge on any atom is 0.435 e. The molecule has 6 aromatic carbocycles. The number of para-hydroxylation sites is 2. The first-order valence-corrected chi connectivity index (χ1v) is 27.5. The monoisotopic (exact) mass is 1100 g/mol. The van der Waals surface area contributed by atoms with Gasteiger partial charge in [-0.05, 0) is 135 Å². The van der Waals surface area contributed by atoms with E-state index in [9.17, 15) is 27.6 Å². The zero-order chi connectivity index (χ0) is 58.8. The summed E-state index contributed by atoms with van der Waals surface area (Å²) in [5.41, 5.74) is 7.10. The number of nitrogens with zero attached hydrogens (tertiary/aromatic N) is 6. The Morgan fingerprint density at radius 2 is 1.16 bits per heavy atom. The number of benzene rings is 6. The highest BCUT2D eigenvalue weighted by Gasteiger charge is 2.44. The Labute approximate surface area is 469 Å². The van der Waals surface area contributed by atoms with Gasteiger partial charge in [0.1, 0.15) is 18.9 Å². The van der Waals surface area contributed by atoms with E-state index in [0.29, 0.717) is 28.2 Å². The van der Waals surface area contributed by atoms with Crippen LogP contribution in [-0.2, 0) is 45.4 Å². The number of aliphatic imine (C=N–C) groups is 1. The molecule has 8 rings (SSSR count). The quantitative estimate of drug-likeness (QED) is 0.0290. The third kappa shape index (κ3) is 14.4. The molecule has 0 saturated heterocycles. The van der Waals surface area contributed by atoms with Crippen molar-refractivity contribution < 1.29 is 50.9 Å². The van der Waals surface area contributed by atoms with E-state index in [2.05, 4.69) is 54.5 Å². The zero-order valence-electron chi connectivity index (χ0n) is 47.7. The smallest absolute Gasteiger partial charge is 0.435 e. The van der Waals surface area contributed by atoms with Crippen LogP contribution >= 0.6 is 0 Å². The molecule has 418 valence electrons. The fourth-order valence-electron chi connectivity index (χ4n) is 8.82. The first-order valence-electron chi connectivity index (χ1n) is 26.1. The fourth-order valence-corrected chi connectivity index (χ4v) is 9.30. The molecule has 2 aliphatic rings. The van der Waals surface area contributed by atoms with Crippen molar-refractivity contribution >= 4 is 80.7 Å². The van der Waals surface area contributed by atoms with Crippen LogP contribution in [0.5, 0.6) is 0 Å². The molecule has 2 heterocycles. The van der Waals surface area contributed by atoms with Gasteiger partial charge in [0.2, 0.25) is 11.4 Å². The number of carbonyl (C=O) groups is 4. The lowest BCUT2D eigenvalue weighted by Crippen LogP contribution is -2.42. The second-order valence-corrected chi connectivity index (χ2v) is 22.9. The molecule has 1 N–H and O–H groups in total. The van der Waals surface area contributed by atoms with E-state index in [1.54, 1.807) is 108 Å². The van der Waals surface area contributed by atoms with Crippen LogP contribution in [0.4, 0.5) is 27.5 Å². The number of aryl methyl sites for hydroxylation is 1. The van der Waals surface area contributed by atoms with Crippen LogP contribution in [0, 0.1) is 6.92 Å². The van der Waals surface area contributed by atoms with Crippen molar-refractivity contribution in [2.75, 3.05) is 30.3 Å². The largest absolute Gasteiger partial charge is 0.462 e. The molecule has 0 radical (unpaired) electrons. The Hall–Kier alpha value is -8.41. The molecule has 16 nitrogen and oxygen atoms in total. The molecular formula is C63H71N6O10S+. The van der Waals surface area contributed by atoms with Crippen molar-refractivity contribution in [1.29, 1.82) is 0 Å². The number of hydrogen-bond donors (Lipinski definition) is 1. The highest BCUT2D eigenvalue weighted by atomic mass is 32.2. The van der Waals surface area contributed by atoms with Crippen LogP contribution in [0.25, 0.3) is 0 Å². The minimum absolute atomic E-state index is 0.0666. The maximum absolute atomic E-state index is 14.1. The number of rotatable bonds is 13. The summed E-state index contributed by atoms with van der Waals surface area (Å²) < 4.78 is 47.5. The Balaban J connectivity index is 0.000000218. The second kappa shape index (κ2) is 25.1. The summed E-state index contributed by atoms with van der Waals surface area (Å²) in [6.07, 6.45) is 2.67. The number of hydrogen-bond acceptors (Lipinski definition) is 12. The molecule has 0 saturated carbocycles. The topological polar surface area (TPSA) is 197 Å². The van der Waals surface area contributed by atoms with Crippen LogP contribution in [0.15, 0.2) is 172 Å². The van der Waals surface area contributed by atoms with Gasteiger partial charge in [-0.3, -0.25) is 14.3 Å². The SMILES string of the molecule is CCOC(=O)c1cccc(N(/N=C\C2=Nc3ccccc3C2(C)C)C(=O)OC(C)(C)C)c1.CCOC(=O)c1cccc(N(/N=C\C2=[N+](C)c3ccccc3C2(C)C)C(=O)C(C)(C)c2ccccc2)c1.Cc1ccc(S(=O)(=O)O)cc1. The number of carbonyl (C=O) groups excluding carboxylic acids is 4. The van der Waals surface area contributed by atoms with Gasteiger partial charge in [0.25, 0.3) is 16.0 Å². The highest BCUT2D eigenvalue weighted by molar-refractivity contribution is 7.85. The van der Waals surface area contributed by atoms with Crippen molar-refractivity contribution in [3.63, 3.8) is 0 Å². The number of amides is 2. The number of ether oxygens (including phenoxy) is 3. The molecule has 2 aliphatic heterocycles. The molecule has 0 unspecified atom stereocenters. The standard InChI is InChI=1S/C31H34N3O3.C25H29N3O4.C7H8O3S/c1-7-37-28(35)22-14-13-17-24(20-22)34(29(36)30(2,3)23-15-9-8-10-16-23)32-21-27-31(4,5)25-18-11-12-19-26(25)33(27)6;1-7-31-22(29)17-11-10-12-18(15-17)28(23(30)32-24(2,3)4)26-16-21-25(5,6)19-13-8-9-14-20(19)27-21;1-6-2-4-7(5-3-6)11(8,9)10/h8-21H,7H2,1-6H3;8-16H,7H2,1-6H3;2-5H,1H3,(H,8,9,10)/q+1;;/b;26-16-;. The first kappa shape index (κ1) is 60.8. The van der Waals surface area contributed by atoms with E-state index in [0.717, 1.165) is 38.8 Å². The van der Waals surface area contributed by atoms with Crippen molar-refractivity contribution in [2.45, 2.75) is 110 Å². The van der Waals surface area contributed by atoms with Crippen LogP contribution in [0.2, 0.25) is 0 Å². The molecule has 0 aromatic heterocycles. The minimum atomic E-state index is -4.02. The van der Waals surface area contributed by atoms with Gasteiger partial charge in [-0.1, -0.05) is 110 Å². The zero-order valence-corrected chi connectivity index (χ0v) is 48.5. The van der Waals surface area contributed by atoms with Gasteiger partial charge in [0.05, 0.1) is 69.1 Å². The van der Waals surface area contributed by atoms with Crippen LogP contribution in [0.1, 0.15) is 119 Å². The number of hydrazone groups is 2. The van der Waals surface area contributed by atoms with E-state index in [1.807, 2.05) is 94.5 Å². The molecule has 6 aromatic rings. The van der Waals surface area contributed by atoms with E-state index in [1.165, 1.54) is 22.7 Å². The Kier molecular flexibility index (Phi) is 19.1. The lowest BCUT2D eigenvalue weighted by molar-refractivity contribution is -0.400. The van der Waals surface area contributed by atoms with E-state index in [4.69, 9.17) is 23.9 Å².